The number of carbonyl (C=O) groups is 1. The van der Waals surface area contributed by atoms with Gasteiger partial charge in [0.1, 0.15) is 0 Å². The van der Waals surface area contributed by atoms with E-state index in [1.165, 1.54) is 6.92 Å². The first-order chi connectivity index (χ1) is 8.51. The standard InChI is InChI=1S/C10H16ClN3O3S2/c1-6(8(15)13-10(2,3)4)14-19(16,17)7-5-12-9(11)18-7/h5-6,14H,1-4H3,(H,13,15). The molecule has 1 unspecified atom stereocenters. The maximum atomic E-state index is 11.9. The number of thiazole rings is 1. The van der Waals surface area contributed by atoms with Gasteiger partial charge >= 0.3 is 0 Å². The zero-order chi connectivity index (χ0) is 14.8. The highest BCUT2D eigenvalue weighted by molar-refractivity contribution is 7.91. The first-order valence-corrected chi connectivity index (χ1v) is 8.15. The van der Waals surface area contributed by atoms with E-state index in [9.17, 15) is 13.2 Å². The Labute approximate surface area is 121 Å². The zero-order valence-corrected chi connectivity index (χ0v) is 13.4. The zero-order valence-electron chi connectivity index (χ0n) is 11.0. The number of hydrogen-bond acceptors (Lipinski definition) is 5. The number of amides is 1. The quantitative estimate of drug-likeness (QED) is 0.875. The minimum atomic E-state index is -3.78. The molecule has 1 heterocycles. The lowest BCUT2D eigenvalue weighted by Gasteiger charge is -2.23. The van der Waals surface area contributed by atoms with Gasteiger partial charge in [-0.2, -0.15) is 4.72 Å². The first kappa shape index (κ1) is 16.4. The van der Waals surface area contributed by atoms with Crippen molar-refractivity contribution in [2.24, 2.45) is 0 Å². The third-order valence-electron chi connectivity index (χ3n) is 1.94. The molecule has 1 aromatic heterocycles. The molecule has 0 radical (unpaired) electrons. The second-order valence-electron chi connectivity index (χ2n) is 5.01. The minimum absolute atomic E-state index is 0.0205. The van der Waals surface area contributed by atoms with Gasteiger partial charge < -0.3 is 5.32 Å². The molecule has 9 heteroatoms. The summed E-state index contributed by atoms with van der Waals surface area (Å²) in [5.74, 6) is -0.397. The Kier molecular flexibility index (Phi) is 4.94. The first-order valence-electron chi connectivity index (χ1n) is 5.47. The topological polar surface area (TPSA) is 88.2 Å². The number of carbonyl (C=O) groups excluding carboxylic acids is 1. The summed E-state index contributed by atoms with van der Waals surface area (Å²) < 4.78 is 26.3. The Balaban J connectivity index is 2.76. The molecule has 108 valence electrons. The second-order valence-corrected chi connectivity index (χ2v) is 8.57. The lowest BCUT2D eigenvalue weighted by molar-refractivity contribution is -0.123. The van der Waals surface area contributed by atoms with Gasteiger partial charge in [-0.15, -0.1) is 0 Å². The second kappa shape index (κ2) is 5.74. The van der Waals surface area contributed by atoms with E-state index in [0.29, 0.717) is 0 Å². The monoisotopic (exact) mass is 325 g/mol. The van der Waals surface area contributed by atoms with Gasteiger partial charge in [0, 0.05) is 5.54 Å². The molecule has 1 aromatic rings. The van der Waals surface area contributed by atoms with Crippen LogP contribution < -0.4 is 10.0 Å². The average molecular weight is 326 g/mol. The molecule has 0 spiro atoms. The number of sulfonamides is 1. The molecule has 2 N–H and O–H groups in total. The van der Waals surface area contributed by atoms with Crippen LogP contribution in [0.15, 0.2) is 10.4 Å². The number of nitrogens with one attached hydrogen (secondary N) is 2. The SMILES string of the molecule is CC(NS(=O)(=O)c1cnc(Cl)s1)C(=O)NC(C)(C)C. The van der Waals surface area contributed by atoms with E-state index < -0.39 is 27.5 Å². The molecule has 0 saturated heterocycles. The van der Waals surface area contributed by atoms with E-state index in [4.69, 9.17) is 11.6 Å². The van der Waals surface area contributed by atoms with Crippen LogP contribution in [-0.4, -0.2) is 30.9 Å². The van der Waals surface area contributed by atoms with Crippen molar-refractivity contribution in [3.63, 3.8) is 0 Å². The van der Waals surface area contributed by atoms with E-state index in [1.54, 1.807) is 0 Å². The Bertz CT molecular complexity index is 563. The summed E-state index contributed by atoms with van der Waals surface area (Å²) in [6, 6.07) is -0.884. The van der Waals surface area contributed by atoms with Crippen LogP contribution in [-0.2, 0) is 14.8 Å². The van der Waals surface area contributed by atoms with Crippen LogP contribution in [0.5, 0.6) is 0 Å². The van der Waals surface area contributed by atoms with Gasteiger partial charge in [0.25, 0.3) is 10.0 Å². The fraction of sp³-hybridized carbons (Fsp3) is 0.600. The Morgan fingerprint density at radius 3 is 2.47 bits per heavy atom. The largest absolute Gasteiger partial charge is 0.350 e. The Hall–Kier alpha value is -0.700. The van der Waals surface area contributed by atoms with Crippen LogP contribution in [0.25, 0.3) is 0 Å². The van der Waals surface area contributed by atoms with Gasteiger partial charge in [-0.3, -0.25) is 4.79 Å². The molecule has 0 saturated carbocycles. The fourth-order valence-electron chi connectivity index (χ4n) is 1.19. The third-order valence-corrected chi connectivity index (χ3v) is 5.06. The number of halogens is 1. The van der Waals surface area contributed by atoms with E-state index >= 15 is 0 Å². The van der Waals surface area contributed by atoms with Crippen molar-refractivity contribution in [3.05, 3.63) is 10.7 Å². The molecule has 1 amide bonds. The molecule has 1 atom stereocenters. The third kappa shape index (κ3) is 5.06. The molecule has 0 aliphatic rings. The summed E-state index contributed by atoms with van der Waals surface area (Å²) in [7, 11) is -3.78. The lowest BCUT2D eigenvalue weighted by Crippen LogP contribution is -2.50. The Morgan fingerprint density at radius 2 is 2.05 bits per heavy atom. The maximum absolute atomic E-state index is 11.9. The molecular weight excluding hydrogens is 310 g/mol. The highest BCUT2D eigenvalue weighted by Crippen LogP contribution is 2.22. The van der Waals surface area contributed by atoms with Crippen LogP contribution in [0.1, 0.15) is 27.7 Å². The minimum Gasteiger partial charge on any atom is -0.350 e. The van der Waals surface area contributed by atoms with Gasteiger partial charge in [0.2, 0.25) is 5.91 Å². The van der Waals surface area contributed by atoms with Crippen molar-refractivity contribution in [2.45, 2.75) is 43.5 Å². The van der Waals surface area contributed by atoms with Crippen molar-refractivity contribution in [2.75, 3.05) is 0 Å². The average Bonchev–Trinajstić information content (AvgIpc) is 2.62. The van der Waals surface area contributed by atoms with Gasteiger partial charge in [0.05, 0.1) is 12.2 Å². The highest BCUT2D eigenvalue weighted by Gasteiger charge is 2.25. The molecule has 0 aromatic carbocycles. The normalized spacial score (nSPS) is 14.2. The van der Waals surface area contributed by atoms with E-state index in [0.717, 1.165) is 17.5 Å². The van der Waals surface area contributed by atoms with Gasteiger partial charge in [-0.25, -0.2) is 13.4 Å². The number of rotatable bonds is 4. The van der Waals surface area contributed by atoms with Gasteiger partial charge in [0.15, 0.2) is 8.68 Å². The maximum Gasteiger partial charge on any atom is 0.252 e. The van der Waals surface area contributed by atoms with Crippen LogP contribution in [0.2, 0.25) is 4.47 Å². The summed E-state index contributed by atoms with van der Waals surface area (Å²) >= 11 is 6.42. The van der Waals surface area contributed by atoms with Crippen molar-refractivity contribution >= 4 is 38.9 Å². The molecule has 0 fully saturated rings. The van der Waals surface area contributed by atoms with Crippen LogP contribution in [0, 0.1) is 0 Å². The summed E-state index contributed by atoms with van der Waals surface area (Å²) in [5.41, 5.74) is -0.426. The van der Waals surface area contributed by atoms with Crippen LogP contribution in [0.3, 0.4) is 0 Å². The number of nitrogens with zero attached hydrogens (tertiary/aromatic N) is 1. The predicted molar refractivity (Wildman–Crippen MR) is 74.8 cm³/mol. The van der Waals surface area contributed by atoms with E-state index in [-0.39, 0.29) is 8.68 Å². The van der Waals surface area contributed by atoms with Crippen molar-refractivity contribution in [3.8, 4) is 0 Å². The molecular formula is C10H16ClN3O3S2. The molecule has 1 rings (SSSR count). The molecule has 6 nitrogen and oxygen atoms in total. The van der Waals surface area contributed by atoms with E-state index in [2.05, 4.69) is 15.0 Å². The molecule has 0 aliphatic heterocycles. The predicted octanol–water partition coefficient (Wildman–Crippen LogP) is 1.38. The van der Waals surface area contributed by atoms with Crippen molar-refractivity contribution in [1.29, 1.82) is 0 Å². The van der Waals surface area contributed by atoms with Crippen LogP contribution in [0.4, 0.5) is 0 Å². The number of aromatic nitrogens is 1. The molecule has 0 bridgehead atoms. The van der Waals surface area contributed by atoms with Crippen LogP contribution >= 0.6 is 22.9 Å². The summed E-state index contributed by atoms with van der Waals surface area (Å²) in [6.45, 7) is 6.92. The smallest absolute Gasteiger partial charge is 0.252 e. The van der Waals surface area contributed by atoms with Gasteiger partial charge in [-0.05, 0) is 27.7 Å². The van der Waals surface area contributed by atoms with Crippen molar-refractivity contribution in [1.82, 2.24) is 15.0 Å². The van der Waals surface area contributed by atoms with Crippen molar-refractivity contribution < 1.29 is 13.2 Å². The Morgan fingerprint density at radius 1 is 1.47 bits per heavy atom. The van der Waals surface area contributed by atoms with E-state index in [1.807, 2.05) is 20.8 Å². The molecule has 19 heavy (non-hydrogen) atoms. The summed E-state index contributed by atoms with van der Waals surface area (Å²) in [4.78, 5) is 15.5. The lowest BCUT2D eigenvalue weighted by atomic mass is 10.1. The molecule has 0 aliphatic carbocycles. The fourth-order valence-corrected chi connectivity index (χ4v) is 3.70. The van der Waals surface area contributed by atoms with Gasteiger partial charge in [-0.1, -0.05) is 22.9 Å². The summed E-state index contributed by atoms with van der Waals surface area (Å²) in [6.07, 6.45) is 1.16. The highest BCUT2D eigenvalue weighted by atomic mass is 35.5. The summed E-state index contributed by atoms with van der Waals surface area (Å²) in [5, 5.41) is 2.69. The number of hydrogen-bond donors (Lipinski definition) is 2.